The van der Waals surface area contributed by atoms with Crippen LogP contribution < -0.4 is 0 Å². The third-order valence-electron chi connectivity index (χ3n) is 4.67. The first-order valence-electron chi connectivity index (χ1n) is 8.93. The number of nitrogens with zero attached hydrogens (tertiary/aromatic N) is 3. The number of hydrogen-bond donors (Lipinski definition) is 0. The first-order chi connectivity index (χ1) is 12.2. The number of methoxy groups -OCH3 is 1. The Hall–Kier alpha value is -1.34. The Morgan fingerprint density at radius 3 is 2.84 bits per heavy atom. The molecule has 0 unspecified atom stereocenters. The molecule has 7 heteroatoms. The first-order valence-corrected chi connectivity index (χ1v) is 10.7. The summed E-state index contributed by atoms with van der Waals surface area (Å²) in [6, 6.07) is 4.65. The second-order valence-electron chi connectivity index (χ2n) is 6.35. The lowest BCUT2D eigenvalue weighted by Crippen LogP contribution is -2.21. The Kier molecular flexibility index (Phi) is 6.53. The van der Waals surface area contributed by atoms with E-state index >= 15 is 0 Å². The summed E-state index contributed by atoms with van der Waals surface area (Å²) in [6.07, 6.45) is 7.66. The van der Waals surface area contributed by atoms with Crippen LogP contribution in [0.3, 0.4) is 0 Å². The molecule has 2 aromatic heterocycles. The highest BCUT2D eigenvalue weighted by molar-refractivity contribution is 8.00. The van der Waals surface area contributed by atoms with Gasteiger partial charge >= 0.3 is 5.97 Å². The molecule has 0 aliphatic heterocycles. The molecule has 3 rings (SSSR count). The van der Waals surface area contributed by atoms with Crippen molar-refractivity contribution in [2.45, 2.75) is 68.3 Å². The number of esters is 1. The van der Waals surface area contributed by atoms with Gasteiger partial charge in [0, 0.05) is 17.3 Å². The second-order valence-corrected chi connectivity index (χ2v) is 8.56. The van der Waals surface area contributed by atoms with E-state index in [0.717, 1.165) is 36.7 Å². The molecule has 0 saturated heterocycles. The molecule has 1 aliphatic rings. The summed E-state index contributed by atoms with van der Waals surface area (Å²) in [7, 11) is 1.44. The van der Waals surface area contributed by atoms with Crippen LogP contribution in [0.2, 0.25) is 0 Å². The van der Waals surface area contributed by atoms with Crippen LogP contribution in [0.25, 0.3) is 0 Å². The molecular weight excluding hydrogens is 354 g/mol. The molecule has 1 aliphatic carbocycles. The Morgan fingerprint density at radius 2 is 2.20 bits per heavy atom. The van der Waals surface area contributed by atoms with Crippen molar-refractivity contribution >= 4 is 29.1 Å². The SMILES string of the molecule is CC[C@H](Sc1nnc(Cc2cccs2)n1C1CCCCC1)C(=O)OC. The Balaban J connectivity index is 1.88. The number of rotatable bonds is 7. The van der Waals surface area contributed by atoms with E-state index < -0.39 is 0 Å². The van der Waals surface area contributed by atoms with Gasteiger partial charge in [0.2, 0.25) is 0 Å². The van der Waals surface area contributed by atoms with E-state index in [0.29, 0.717) is 6.04 Å². The lowest BCUT2D eigenvalue weighted by Gasteiger charge is -2.26. The van der Waals surface area contributed by atoms with E-state index in [1.54, 1.807) is 11.3 Å². The molecule has 25 heavy (non-hydrogen) atoms. The van der Waals surface area contributed by atoms with E-state index in [9.17, 15) is 4.79 Å². The van der Waals surface area contributed by atoms with E-state index in [1.807, 2.05) is 6.92 Å². The molecule has 0 aromatic carbocycles. The largest absolute Gasteiger partial charge is 0.468 e. The van der Waals surface area contributed by atoms with Gasteiger partial charge in [0.15, 0.2) is 5.16 Å². The number of thiophene rings is 1. The minimum atomic E-state index is -0.230. The lowest BCUT2D eigenvalue weighted by atomic mass is 9.95. The van der Waals surface area contributed by atoms with Crippen molar-refractivity contribution in [2.75, 3.05) is 7.11 Å². The van der Waals surface area contributed by atoms with Crippen molar-refractivity contribution in [3.05, 3.63) is 28.2 Å². The Labute approximate surface area is 157 Å². The van der Waals surface area contributed by atoms with Gasteiger partial charge in [0.1, 0.15) is 11.1 Å². The molecule has 2 aromatic rings. The van der Waals surface area contributed by atoms with Crippen LogP contribution in [0.5, 0.6) is 0 Å². The Morgan fingerprint density at radius 1 is 1.40 bits per heavy atom. The third-order valence-corrected chi connectivity index (χ3v) is 6.85. The molecular formula is C18H25N3O2S2. The fourth-order valence-corrected chi connectivity index (χ4v) is 5.11. The fraction of sp³-hybridized carbons (Fsp3) is 0.611. The van der Waals surface area contributed by atoms with Crippen LogP contribution in [-0.4, -0.2) is 33.1 Å². The standard InChI is InChI=1S/C18H25N3O2S2/c1-3-15(17(22)23-2)25-18-20-19-16(12-14-10-7-11-24-14)21(18)13-8-5-4-6-9-13/h7,10-11,13,15H,3-6,8-9,12H2,1-2H3/t15-/m0/s1. The van der Waals surface area contributed by atoms with Gasteiger partial charge in [-0.3, -0.25) is 4.79 Å². The van der Waals surface area contributed by atoms with Gasteiger partial charge in [0.05, 0.1) is 7.11 Å². The number of thioether (sulfide) groups is 1. The summed E-state index contributed by atoms with van der Waals surface area (Å²) in [5.41, 5.74) is 0. The highest BCUT2D eigenvalue weighted by atomic mass is 32.2. The van der Waals surface area contributed by atoms with Crippen molar-refractivity contribution in [3.8, 4) is 0 Å². The predicted molar refractivity (Wildman–Crippen MR) is 101 cm³/mol. The monoisotopic (exact) mass is 379 g/mol. The van der Waals surface area contributed by atoms with Gasteiger partial charge in [-0.25, -0.2) is 0 Å². The van der Waals surface area contributed by atoms with Crippen molar-refractivity contribution < 1.29 is 9.53 Å². The second kappa shape index (κ2) is 8.85. The molecule has 0 N–H and O–H groups in total. The normalized spacial score (nSPS) is 16.7. The quantitative estimate of drug-likeness (QED) is 0.524. The van der Waals surface area contributed by atoms with Crippen LogP contribution in [0, 0.1) is 0 Å². The summed E-state index contributed by atoms with van der Waals surface area (Å²) in [6.45, 7) is 2.00. The number of aromatic nitrogens is 3. The van der Waals surface area contributed by atoms with Gasteiger partial charge < -0.3 is 9.30 Å². The zero-order chi connectivity index (χ0) is 17.6. The fourth-order valence-electron chi connectivity index (χ4n) is 3.34. The maximum absolute atomic E-state index is 12.0. The maximum Gasteiger partial charge on any atom is 0.319 e. The van der Waals surface area contributed by atoms with Crippen molar-refractivity contribution in [1.82, 2.24) is 14.8 Å². The summed E-state index contributed by atoms with van der Waals surface area (Å²) in [5.74, 6) is 0.821. The molecule has 1 fully saturated rings. The van der Waals surface area contributed by atoms with Crippen molar-refractivity contribution in [2.24, 2.45) is 0 Å². The minimum absolute atomic E-state index is 0.189. The maximum atomic E-state index is 12.0. The molecule has 0 radical (unpaired) electrons. The summed E-state index contributed by atoms with van der Waals surface area (Å²) < 4.78 is 7.24. The topological polar surface area (TPSA) is 57.0 Å². The van der Waals surface area contributed by atoms with Gasteiger partial charge in [-0.2, -0.15) is 0 Å². The average Bonchev–Trinajstić information content (AvgIpc) is 3.30. The molecule has 5 nitrogen and oxygen atoms in total. The van der Waals surface area contributed by atoms with E-state index in [4.69, 9.17) is 4.74 Å². The summed E-state index contributed by atoms with van der Waals surface area (Å²) >= 11 is 3.24. The van der Waals surface area contributed by atoms with Crippen LogP contribution in [0.4, 0.5) is 0 Å². The van der Waals surface area contributed by atoms with E-state index in [-0.39, 0.29) is 11.2 Å². The highest BCUT2D eigenvalue weighted by Gasteiger charge is 2.27. The number of hydrogen-bond acceptors (Lipinski definition) is 6. The number of carbonyl (C=O) groups excluding carboxylic acids is 1. The third kappa shape index (κ3) is 4.44. The number of carbonyl (C=O) groups is 1. The number of ether oxygens (including phenoxy) is 1. The molecule has 1 saturated carbocycles. The van der Waals surface area contributed by atoms with E-state index in [2.05, 4.69) is 32.3 Å². The molecule has 136 valence electrons. The van der Waals surface area contributed by atoms with Crippen LogP contribution >= 0.6 is 23.1 Å². The average molecular weight is 380 g/mol. The molecule has 0 amide bonds. The van der Waals surface area contributed by atoms with Gasteiger partial charge in [-0.05, 0) is 30.7 Å². The molecule has 0 bridgehead atoms. The smallest absolute Gasteiger partial charge is 0.319 e. The van der Waals surface area contributed by atoms with Gasteiger partial charge in [-0.1, -0.05) is 44.0 Å². The zero-order valence-corrected chi connectivity index (χ0v) is 16.4. The zero-order valence-electron chi connectivity index (χ0n) is 14.8. The molecule has 1 atom stereocenters. The highest BCUT2D eigenvalue weighted by Crippen LogP contribution is 2.35. The van der Waals surface area contributed by atoms with Crippen LogP contribution in [0.1, 0.15) is 62.2 Å². The predicted octanol–water partition coefficient (Wildman–Crippen LogP) is 4.48. The van der Waals surface area contributed by atoms with E-state index in [1.165, 1.54) is 43.0 Å². The summed E-state index contributed by atoms with van der Waals surface area (Å²) in [5, 5.41) is 11.7. The van der Waals surface area contributed by atoms with Gasteiger partial charge in [0.25, 0.3) is 0 Å². The van der Waals surface area contributed by atoms with Crippen LogP contribution in [0.15, 0.2) is 22.7 Å². The van der Waals surface area contributed by atoms with Crippen molar-refractivity contribution in [1.29, 1.82) is 0 Å². The molecule has 0 spiro atoms. The lowest BCUT2D eigenvalue weighted by molar-refractivity contribution is -0.140. The van der Waals surface area contributed by atoms with Crippen molar-refractivity contribution in [3.63, 3.8) is 0 Å². The minimum Gasteiger partial charge on any atom is -0.468 e. The van der Waals surface area contributed by atoms with Gasteiger partial charge in [-0.15, -0.1) is 21.5 Å². The molecule has 2 heterocycles. The first kappa shape index (κ1) is 18.5. The summed E-state index contributed by atoms with van der Waals surface area (Å²) in [4.78, 5) is 13.3. The Bertz CT molecular complexity index is 679. The van der Waals surface area contributed by atoms with Crippen LogP contribution in [-0.2, 0) is 16.0 Å².